The highest BCUT2D eigenvalue weighted by molar-refractivity contribution is 5.77. The highest BCUT2D eigenvalue weighted by Crippen LogP contribution is 2.00. The third-order valence-corrected chi connectivity index (χ3v) is 1.18. The summed E-state index contributed by atoms with van der Waals surface area (Å²) in [5.74, 6) is -0.341. The lowest BCUT2D eigenvalue weighted by atomic mass is 10.2. The Morgan fingerprint density at radius 2 is 1.82 bits per heavy atom. The van der Waals surface area contributed by atoms with Gasteiger partial charge in [0.05, 0.1) is 0 Å². The highest BCUT2D eigenvalue weighted by atomic mass is 19.1. The van der Waals surface area contributed by atoms with Crippen molar-refractivity contribution in [3.63, 3.8) is 0 Å². The van der Waals surface area contributed by atoms with Crippen LogP contribution in [0.3, 0.4) is 0 Å². The number of halogens is 1. The van der Waals surface area contributed by atoms with Gasteiger partial charge in [-0.05, 0) is 26.0 Å². The first-order valence-corrected chi connectivity index (χ1v) is 3.36. The molecule has 0 unspecified atom stereocenters. The first-order valence-electron chi connectivity index (χ1n) is 3.36. The van der Waals surface area contributed by atoms with Gasteiger partial charge in [-0.15, -0.1) is 0 Å². The van der Waals surface area contributed by atoms with Crippen molar-refractivity contribution in [2.45, 2.75) is 13.8 Å². The van der Waals surface area contributed by atoms with Gasteiger partial charge >= 0.3 is 0 Å². The van der Waals surface area contributed by atoms with Gasteiger partial charge in [-0.2, -0.15) is 0 Å². The first kappa shape index (κ1) is 9.82. The molecule has 0 aliphatic rings. The number of aldehydes is 1. The van der Waals surface area contributed by atoms with E-state index >= 15 is 0 Å². The molecule has 0 fully saturated rings. The molecule has 0 radical (unpaired) electrons. The predicted molar refractivity (Wildman–Crippen MR) is 43.8 cm³/mol. The van der Waals surface area contributed by atoms with E-state index in [1.165, 1.54) is 18.2 Å². The van der Waals surface area contributed by atoms with E-state index in [9.17, 15) is 9.18 Å². The van der Waals surface area contributed by atoms with E-state index in [1.54, 1.807) is 19.9 Å². The minimum absolute atomic E-state index is 0.341. The second-order valence-corrected chi connectivity index (χ2v) is 1.91. The van der Waals surface area contributed by atoms with E-state index in [0.29, 0.717) is 11.9 Å². The molecule has 0 N–H and O–H groups in total. The Labute approximate surface area is 65.9 Å². The average molecular weight is 154 g/mol. The predicted octanol–water partition coefficient (Wildman–Crippen LogP) is 2.56. The van der Waals surface area contributed by atoms with E-state index in [4.69, 9.17) is 0 Å². The summed E-state index contributed by atoms with van der Waals surface area (Å²) in [4.78, 5) is 10.2. The molecule has 0 aromatic carbocycles. The summed E-state index contributed by atoms with van der Waals surface area (Å²) in [5.41, 5.74) is 0.474. The van der Waals surface area contributed by atoms with E-state index in [0.717, 1.165) is 0 Å². The monoisotopic (exact) mass is 154 g/mol. The Balaban J connectivity index is 4.23. The SMILES string of the molecule is C\C=C(F)/C=C\C(C=O)=C/C. The lowest BCUT2D eigenvalue weighted by Gasteiger charge is -1.85. The van der Waals surface area contributed by atoms with Gasteiger partial charge in [0.25, 0.3) is 0 Å². The summed E-state index contributed by atoms with van der Waals surface area (Å²) in [7, 11) is 0. The largest absolute Gasteiger partial charge is 0.298 e. The average Bonchev–Trinajstić information content (AvgIpc) is 2.06. The molecule has 0 heterocycles. The van der Waals surface area contributed by atoms with Crippen LogP contribution in [0.2, 0.25) is 0 Å². The normalized spacial score (nSPS) is 14.1. The fraction of sp³-hybridized carbons (Fsp3) is 0.222. The van der Waals surface area contributed by atoms with Crippen molar-refractivity contribution in [2.24, 2.45) is 0 Å². The van der Waals surface area contributed by atoms with Crippen molar-refractivity contribution < 1.29 is 9.18 Å². The van der Waals surface area contributed by atoms with Gasteiger partial charge in [0.1, 0.15) is 12.1 Å². The van der Waals surface area contributed by atoms with Crippen LogP contribution in [-0.2, 0) is 4.79 Å². The molecule has 2 heteroatoms. The quantitative estimate of drug-likeness (QED) is 0.347. The molecule has 0 saturated heterocycles. The summed E-state index contributed by atoms with van der Waals surface area (Å²) < 4.78 is 12.4. The second kappa shape index (κ2) is 5.59. The molecule has 0 amide bonds. The van der Waals surface area contributed by atoms with Crippen LogP contribution in [0.5, 0.6) is 0 Å². The zero-order chi connectivity index (χ0) is 8.69. The minimum Gasteiger partial charge on any atom is -0.298 e. The van der Waals surface area contributed by atoms with Crippen molar-refractivity contribution in [3.8, 4) is 0 Å². The van der Waals surface area contributed by atoms with Crippen molar-refractivity contribution in [1.82, 2.24) is 0 Å². The Morgan fingerprint density at radius 3 is 2.18 bits per heavy atom. The van der Waals surface area contributed by atoms with E-state index < -0.39 is 0 Å². The number of hydrogen-bond acceptors (Lipinski definition) is 1. The third-order valence-electron chi connectivity index (χ3n) is 1.18. The summed E-state index contributed by atoms with van der Waals surface area (Å²) in [6.07, 6.45) is 6.31. The van der Waals surface area contributed by atoms with Gasteiger partial charge in [0.2, 0.25) is 0 Å². The molecule has 0 bridgehead atoms. The van der Waals surface area contributed by atoms with E-state index in [1.807, 2.05) is 0 Å². The van der Waals surface area contributed by atoms with Crippen LogP contribution in [0.15, 0.2) is 35.7 Å². The molecule has 0 aromatic heterocycles. The maximum absolute atomic E-state index is 12.4. The van der Waals surface area contributed by atoms with Crippen molar-refractivity contribution >= 4 is 6.29 Å². The van der Waals surface area contributed by atoms with Gasteiger partial charge in [-0.25, -0.2) is 4.39 Å². The van der Waals surface area contributed by atoms with E-state index in [-0.39, 0.29) is 5.83 Å². The Bertz CT molecular complexity index is 212. The number of carbonyl (C=O) groups excluding carboxylic acids is 1. The first-order chi connectivity index (χ1) is 5.24. The summed E-state index contributed by atoms with van der Waals surface area (Å²) >= 11 is 0. The van der Waals surface area contributed by atoms with Crippen LogP contribution in [0, 0.1) is 0 Å². The van der Waals surface area contributed by atoms with Crippen LogP contribution < -0.4 is 0 Å². The second-order valence-electron chi connectivity index (χ2n) is 1.91. The van der Waals surface area contributed by atoms with Gasteiger partial charge in [0.15, 0.2) is 0 Å². The minimum atomic E-state index is -0.341. The number of carbonyl (C=O) groups is 1. The topological polar surface area (TPSA) is 17.1 Å². The summed E-state index contributed by atoms with van der Waals surface area (Å²) in [6, 6.07) is 0. The van der Waals surface area contributed by atoms with Crippen molar-refractivity contribution in [3.05, 3.63) is 35.7 Å². The van der Waals surface area contributed by atoms with Gasteiger partial charge in [-0.1, -0.05) is 12.2 Å². The lowest BCUT2D eigenvalue weighted by Crippen LogP contribution is -1.76. The Hall–Kier alpha value is -1.18. The molecular formula is C9H11FO. The van der Waals surface area contributed by atoms with Gasteiger partial charge in [-0.3, -0.25) is 4.79 Å². The number of hydrogen-bond donors (Lipinski definition) is 0. The Kier molecular flexibility index (Phi) is 4.99. The molecule has 0 aliphatic carbocycles. The van der Waals surface area contributed by atoms with Crippen molar-refractivity contribution in [2.75, 3.05) is 0 Å². The number of allylic oxidation sites excluding steroid dienone is 6. The van der Waals surface area contributed by atoms with Crippen LogP contribution in [0.25, 0.3) is 0 Å². The highest BCUT2D eigenvalue weighted by Gasteiger charge is 1.86. The number of rotatable bonds is 3. The van der Waals surface area contributed by atoms with Crippen LogP contribution >= 0.6 is 0 Å². The standard InChI is InChI=1S/C9H11FO/c1-3-8(7-11)5-6-9(10)4-2/h3-7H,1-2H3/b6-5-,8-3+,9-4+. The fourth-order valence-electron chi connectivity index (χ4n) is 0.476. The summed E-state index contributed by atoms with van der Waals surface area (Å²) in [6.45, 7) is 3.32. The lowest BCUT2D eigenvalue weighted by molar-refractivity contribution is -0.104. The maximum atomic E-state index is 12.4. The van der Waals surface area contributed by atoms with Crippen molar-refractivity contribution in [1.29, 1.82) is 0 Å². The third kappa shape index (κ3) is 4.25. The van der Waals surface area contributed by atoms with E-state index in [2.05, 4.69) is 0 Å². The van der Waals surface area contributed by atoms with Crippen LogP contribution in [-0.4, -0.2) is 6.29 Å². The maximum Gasteiger partial charge on any atom is 0.149 e. The van der Waals surface area contributed by atoms with Gasteiger partial charge in [0, 0.05) is 5.57 Å². The molecule has 1 nitrogen and oxygen atoms in total. The molecule has 0 rings (SSSR count). The fourth-order valence-corrected chi connectivity index (χ4v) is 0.476. The summed E-state index contributed by atoms with van der Waals surface area (Å²) in [5, 5.41) is 0. The molecule has 0 atom stereocenters. The smallest absolute Gasteiger partial charge is 0.149 e. The molecule has 0 saturated carbocycles. The van der Waals surface area contributed by atoms with Crippen LogP contribution in [0.4, 0.5) is 4.39 Å². The molecule has 60 valence electrons. The zero-order valence-corrected chi connectivity index (χ0v) is 6.67. The Morgan fingerprint density at radius 1 is 1.18 bits per heavy atom. The molecule has 0 aromatic rings. The van der Waals surface area contributed by atoms with Gasteiger partial charge < -0.3 is 0 Å². The molecule has 11 heavy (non-hydrogen) atoms. The van der Waals surface area contributed by atoms with Crippen LogP contribution in [0.1, 0.15) is 13.8 Å². The molecule has 0 spiro atoms. The zero-order valence-electron chi connectivity index (χ0n) is 6.67. The molecule has 0 aliphatic heterocycles. The molecular weight excluding hydrogens is 143 g/mol.